The molecule has 2 heterocycles. The Balaban J connectivity index is 2.36. The molecule has 0 bridgehead atoms. The van der Waals surface area contributed by atoms with E-state index < -0.39 is 5.97 Å². The highest BCUT2D eigenvalue weighted by molar-refractivity contribution is 7.17. The van der Waals surface area contributed by atoms with Gasteiger partial charge in [0.25, 0.3) is 5.56 Å². The van der Waals surface area contributed by atoms with Crippen molar-refractivity contribution < 1.29 is 14.6 Å². The minimum atomic E-state index is -0.495. The molecule has 0 saturated carbocycles. The minimum Gasteiger partial charge on any atom is -0.462 e. The number of rotatable bonds is 6. The molecule has 0 aliphatic carbocycles. The van der Waals surface area contributed by atoms with Crippen LogP contribution in [0.5, 0.6) is 0 Å². The van der Waals surface area contributed by atoms with Gasteiger partial charge in [-0.15, -0.1) is 11.3 Å². The van der Waals surface area contributed by atoms with Gasteiger partial charge in [-0.3, -0.25) is 9.36 Å². The third-order valence-electron chi connectivity index (χ3n) is 2.85. The van der Waals surface area contributed by atoms with E-state index in [9.17, 15) is 9.59 Å². The number of thiophene rings is 1. The topological polar surface area (TPSA) is 81.4 Å². The van der Waals surface area contributed by atoms with Gasteiger partial charge in [0, 0.05) is 5.38 Å². The molecule has 0 unspecified atom stereocenters. The second kappa shape index (κ2) is 6.62. The molecular formula is C13H16N2O4S. The standard InChI is InChI=1S/C13H16N2O4S/c1-2-3-6-19-13(18)9-7-20-11-10(9)12(17)15(4-5-16)8-14-11/h7-8,16H,2-6H2,1H3. The van der Waals surface area contributed by atoms with Crippen molar-refractivity contribution in [1.29, 1.82) is 0 Å². The van der Waals surface area contributed by atoms with Crippen molar-refractivity contribution in [3.63, 3.8) is 0 Å². The van der Waals surface area contributed by atoms with Crippen molar-refractivity contribution >= 4 is 27.5 Å². The maximum absolute atomic E-state index is 12.2. The van der Waals surface area contributed by atoms with Crippen LogP contribution in [-0.2, 0) is 11.3 Å². The van der Waals surface area contributed by atoms with Gasteiger partial charge in [-0.25, -0.2) is 9.78 Å². The Labute approximate surface area is 119 Å². The van der Waals surface area contributed by atoms with Crippen molar-refractivity contribution in [2.75, 3.05) is 13.2 Å². The number of esters is 1. The molecule has 2 aromatic heterocycles. The lowest BCUT2D eigenvalue weighted by Crippen LogP contribution is -2.23. The molecule has 0 fully saturated rings. The van der Waals surface area contributed by atoms with Crippen LogP contribution in [0.3, 0.4) is 0 Å². The highest BCUT2D eigenvalue weighted by Crippen LogP contribution is 2.21. The van der Waals surface area contributed by atoms with E-state index in [0.717, 1.165) is 12.8 Å². The summed E-state index contributed by atoms with van der Waals surface area (Å²) in [6.45, 7) is 2.35. The molecule has 7 heteroatoms. The van der Waals surface area contributed by atoms with E-state index in [1.807, 2.05) is 6.92 Å². The molecule has 0 aromatic carbocycles. The van der Waals surface area contributed by atoms with E-state index in [1.165, 1.54) is 22.2 Å². The van der Waals surface area contributed by atoms with Crippen LogP contribution in [0.1, 0.15) is 30.1 Å². The van der Waals surface area contributed by atoms with Gasteiger partial charge in [-0.1, -0.05) is 13.3 Å². The van der Waals surface area contributed by atoms with E-state index in [2.05, 4.69) is 4.98 Å². The molecular weight excluding hydrogens is 280 g/mol. The number of unbranched alkanes of at least 4 members (excludes halogenated alkanes) is 1. The quantitative estimate of drug-likeness (QED) is 0.644. The van der Waals surface area contributed by atoms with Gasteiger partial charge in [0.1, 0.15) is 4.83 Å². The summed E-state index contributed by atoms with van der Waals surface area (Å²) in [6, 6.07) is 0. The van der Waals surface area contributed by atoms with Crippen LogP contribution in [0.15, 0.2) is 16.5 Å². The monoisotopic (exact) mass is 296 g/mol. The molecule has 0 radical (unpaired) electrons. The summed E-state index contributed by atoms with van der Waals surface area (Å²) in [6.07, 6.45) is 3.10. The maximum Gasteiger partial charge on any atom is 0.339 e. The van der Waals surface area contributed by atoms with Gasteiger partial charge in [-0.05, 0) is 6.42 Å². The van der Waals surface area contributed by atoms with Crippen LogP contribution >= 0.6 is 11.3 Å². The highest BCUT2D eigenvalue weighted by atomic mass is 32.1. The largest absolute Gasteiger partial charge is 0.462 e. The lowest BCUT2D eigenvalue weighted by Gasteiger charge is -2.04. The number of nitrogens with zero attached hydrogens (tertiary/aromatic N) is 2. The smallest absolute Gasteiger partial charge is 0.339 e. The second-order valence-electron chi connectivity index (χ2n) is 4.29. The Kier molecular flexibility index (Phi) is 4.86. The molecule has 0 spiro atoms. The van der Waals surface area contributed by atoms with Gasteiger partial charge >= 0.3 is 5.97 Å². The first-order chi connectivity index (χ1) is 9.69. The van der Waals surface area contributed by atoms with Crippen LogP contribution in [0, 0.1) is 0 Å². The van der Waals surface area contributed by atoms with Crippen molar-refractivity contribution in [3.8, 4) is 0 Å². The summed E-state index contributed by atoms with van der Waals surface area (Å²) < 4.78 is 6.42. The van der Waals surface area contributed by atoms with Crippen molar-refractivity contribution in [2.24, 2.45) is 0 Å². The molecule has 0 saturated heterocycles. The fourth-order valence-corrected chi connectivity index (χ4v) is 2.64. The van der Waals surface area contributed by atoms with Crippen LogP contribution in [0.25, 0.3) is 10.2 Å². The molecule has 108 valence electrons. The number of aromatic nitrogens is 2. The van der Waals surface area contributed by atoms with Crippen LogP contribution in [0.4, 0.5) is 0 Å². The van der Waals surface area contributed by atoms with E-state index in [0.29, 0.717) is 11.4 Å². The SMILES string of the molecule is CCCCOC(=O)c1csc2ncn(CCO)c(=O)c12. The summed E-state index contributed by atoms with van der Waals surface area (Å²) in [4.78, 5) is 28.8. The van der Waals surface area contributed by atoms with Crippen LogP contribution in [-0.4, -0.2) is 33.8 Å². The lowest BCUT2D eigenvalue weighted by molar-refractivity contribution is 0.0502. The maximum atomic E-state index is 12.2. The Morgan fingerprint density at radius 3 is 3.05 bits per heavy atom. The number of carbonyl (C=O) groups excluding carboxylic acids is 1. The third-order valence-corrected chi connectivity index (χ3v) is 3.74. The molecule has 2 aromatic rings. The predicted molar refractivity (Wildman–Crippen MR) is 76.2 cm³/mol. The summed E-state index contributed by atoms with van der Waals surface area (Å²) in [5, 5.41) is 10.8. The minimum absolute atomic E-state index is 0.155. The number of fused-ring (bicyclic) bond motifs is 1. The molecule has 6 nitrogen and oxygen atoms in total. The Bertz CT molecular complexity index is 662. The fraction of sp³-hybridized carbons (Fsp3) is 0.462. The molecule has 0 atom stereocenters. The average molecular weight is 296 g/mol. The fourth-order valence-electron chi connectivity index (χ4n) is 1.77. The normalized spacial score (nSPS) is 10.9. The van der Waals surface area contributed by atoms with Gasteiger partial charge in [-0.2, -0.15) is 0 Å². The first-order valence-electron chi connectivity index (χ1n) is 6.43. The molecule has 20 heavy (non-hydrogen) atoms. The summed E-state index contributed by atoms with van der Waals surface area (Å²) >= 11 is 1.23. The Hall–Kier alpha value is -1.73. The number of hydrogen-bond acceptors (Lipinski definition) is 6. The zero-order valence-corrected chi connectivity index (χ0v) is 12.0. The molecule has 2 rings (SSSR count). The highest BCUT2D eigenvalue weighted by Gasteiger charge is 2.18. The molecule has 0 amide bonds. The number of aliphatic hydroxyl groups excluding tert-OH is 1. The van der Waals surface area contributed by atoms with Crippen LogP contribution < -0.4 is 5.56 Å². The zero-order valence-electron chi connectivity index (χ0n) is 11.2. The van der Waals surface area contributed by atoms with Gasteiger partial charge in [0.15, 0.2) is 0 Å². The number of carbonyl (C=O) groups is 1. The van der Waals surface area contributed by atoms with Gasteiger partial charge in [0.2, 0.25) is 0 Å². The van der Waals surface area contributed by atoms with Crippen LogP contribution in [0.2, 0.25) is 0 Å². The first kappa shape index (κ1) is 14.7. The molecule has 1 N–H and O–H groups in total. The number of aliphatic hydroxyl groups is 1. The lowest BCUT2D eigenvalue weighted by atomic mass is 10.2. The Morgan fingerprint density at radius 1 is 1.55 bits per heavy atom. The average Bonchev–Trinajstić information content (AvgIpc) is 2.87. The molecule has 0 aliphatic rings. The predicted octanol–water partition coefficient (Wildman–Crippen LogP) is 1.41. The number of ether oxygens (including phenoxy) is 1. The van der Waals surface area contributed by atoms with Gasteiger partial charge < -0.3 is 9.84 Å². The van der Waals surface area contributed by atoms with E-state index >= 15 is 0 Å². The summed E-state index contributed by atoms with van der Waals surface area (Å²) in [7, 11) is 0. The molecule has 0 aliphatic heterocycles. The first-order valence-corrected chi connectivity index (χ1v) is 7.31. The van der Waals surface area contributed by atoms with E-state index in [1.54, 1.807) is 5.38 Å². The van der Waals surface area contributed by atoms with Gasteiger partial charge in [0.05, 0.1) is 37.0 Å². The van der Waals surface area contributed by atoms with Crippen molar-refractivity contribution in [1.82, 2.24) is 9.55 Å². The summed E-state index contributed by atoms with van der Waals surface area (Å²) in [5.41, 5.74) is -0.0707. The third kappa shape index (κ3) is 2.88. The second-order valence-corrected chi connectivity index (χ2v) is 5.14. The Morgan fingerprint density at radius 2 is 2.35 bits per heavy atom. The van der Waals surface area contributed by atoms with E-state index in [4.69, 9.17) is 9.84 Å². The summed E-state index contributed by atoms with van der Waals surface area (Å²) in [5.74, 6) is -0.495. The van der Waals surface area contributed by atoms with E-state index in [-0.39, 0.29) is 29.7 Å². The van der Waals surface area contributed by atoms with Crippen molar-refractivity contribution in [3.05, 3.63) is 27.6 Å². The zero-order chi connectivity index (χ0) is 14.5. The number of hydrogen-bond donors (Lipinski definition) is 1. The van der Waals surface area contributed by atoms with Crippen molar-refractivity contribution in [2.45, 2.75) is 26.3 Å².